The maximum absolute atomic E-state index is 13.9. The van der Waals surface area contributed by atoms with E-state index in [0.717, 1.165) is 16.7 Å². The summed E-state index contributed by atoms with van der Waals surface area (Å²) in [6, 6.07) is 2.71. The van der Waals surface area contributed by atoms with Gasteiger partial charge in [-0.25, -0.2) is 23.5 Å². The Morgan fingerprint density at radius 3 is 2.51 bits per heavy atom. The van der Waals surface area contributed by atoms with Crippen molar-refractivity contribution in [1.29, 1.82) is 0 Å². The first kappa shape index (κ1) is 26.0. The predicted octanol–water partition coefficient (Wildman–Crippen LogP) is 3.20. The smallest absolute Gasteiger partial charge is 0.472 e. The highest BCUT2D eigenvalue weighted by Crippen LogP contribution is 2.23. The van der Waals surface area contributed by atoms with Crippen molar-refractivity contribution in [2.24, 2.45) is 0 Å². The quantitative estimate of drug-likeness (QED) is 0.343. The topological polar surface area (TPSA) is 122 Å². The molecular weight excluding hydrogens is 549 g/mol. The number of aromatic nitrogens is 4. The summed E-state index contributed by atoms with van der Waals surface area (Å²) in [6.07, 6.45) is -3.97. The number of nitrogens with two attached hydrogens (primary N) is 1. The van der Waals surface area contributed by atoms with Crippen LogP contribution in [0.5, 0.6) is 5.88 Å². The summed E-state index contributed by atoms with van der Waals surface area (Å²) in [5.74, 6) is -4.77. The molecule has 3 aromatic rings. The fraction of sp³-hybridized carbons (Fsp3) is 0.250. The first-order valence-electron chi connectivity index (χ1n) is 9.54. The Bertz CT molecular complexity index is 1330. The number of carbonyl (C=O) groups excluding carboxylic acids is 1. The summed E-state index contributed by atoms with van der Waals surface area (Å²) < 4.78 is 75.0. The van der Waals surface area contributed by atoms with E-state index in [4.69, 9.17) is 10.5 Å². The van der Waals surface area contributed by atoms with Gasteiger partial charge in [0.2, 0.25) is 5.88 Å². The largest absolute Gasteiger partial charge is 0.490 e. The zero-order valence-electron chi connectivity index (χ0n) is 17.7. The molecule has 0 radical (unpaired) electrons. The van der Waals surface area contributed by atoms with Crippen LogP contribution >= 0.6 is 15.9 Å². The Morgan fingerprint density at radius 2 is 1.89 bits per heavy atom. The number of ether oxygens (including phenoxy) is 2. The first-order valence-corrected chi connectivity index (χ1v) is 10.3. The molecule has 0 unspecified atom stereocenters. The molecule has 0 bridgehead atoms. The number of halogens is 6. The van der Waals surface area contributed by atoms with Crippen LogP contribution in [-0.4, -0.2) is 31.7 Å². The van der Waals surface area contributed by atoms with E-state index >= 15 is 0 Å². The van der Waals surface area contributed by atoms with Gasteiger partial charge >= 0.3 is 12.1 Å². The van der Waals surface area contributed by atoms with Gasteiger partial charge in [0.25, 0.3) is 5.56 Å². The highest BCUT2D eigenvalue weighted by atomic mass is 79.9. The third-order valence-electron chi connectivity index (χ3n) is 4.45. The lowest BCUT2D eigenvalue weighted by Crippen LogP contribution is -2.30. The summed E-state index contributed by atoms with van der Waals surface area (Å²) in [7, 11) is 0. The van der Waals surface area contributed by atoms with Crippen molar-refractivity contribution in [1.82, 2.24) is 19.5 Å². The number of esters is 1. The molecule has 2 heterocycles. The molecule has 9 nitrogen and oxygen atoms in total. The van der Waals surface area contributed by atoms with Crippen LogP contribution in [0.15, 0.2) is 33.7 Å². The lowest BCUT2D eigenvalue weighted by Gasteiger charge is -2.16. The van der Waals surface area contributed by atoms with Crippen LogP contribution in [0.4, 0.5) is 27.8 Å². The van der Waals surface area contributed by atoms with Gasteiger partial charge in [-0.15, -0.1) is 0 Å². The Morgan fingerprint density at radius 1 is 1.17 bits per heavy atom. The Labute approximate surface area is 201 Å². The summed E-state index contributed by atoms with van der Waals surface area (Å²) in [5.41, 5.74) is 5.14. The monoisotopic (exact) mass is 563 g/mol. The Kier molecular flexibility index (Phi) is 7.67. The van der Waals surface area contributed by atoms with Crippen LogP contribution in [-0.2, 0) is 29.3 Å². The van der Waals surface area contributed by atoms with Crippen LogP contribution < -0.4 is 16.0 Å². The van der Waals surface area contributed by atoms with E-state index in [2.05, 4.69) is 35.6 Å². The standard InChI is InChI=1S/C20H15BrF5N5O4/c1-9-28-5-11(16(27)29-9)6-31-14(8-35-19(33)20(24,25)26)30-17(15(21)18(31)32)34-7-10-2-3-12(22)4-13(10)23/h2-5H,6-8H2,1H3,(H2,27,28,29). The lowest BCUT2D eigenvalue weighted by atomic mass is 10.2. The van der Waals surface area contributed by atoms with Gasteiger partial charge in [0.1, 0.15) is 41.0 Å². The number of alkyl halides is 3. The average Bonchev–Trinajstić information content (AvgIpc) is 2.77. The fourth-order valence-electron chi connectivity index (χ4n) is 2.72. The van der Waals surface area contributed by atoms with E-state index in [1.165, 1.54) is 6.20 Å². The van der Waals surface area contributed by atoms with Crippen molar-refractivity contribution in [3.63, 3.8) is 0 Å². The van der Waals surface area contributed by atoms with Crippen molar-refractivity contribution >= 4 is 27.7 Å². The van der Waals surface area contributed by atoms with E-state index in [1.54, 1.807) is 6.92 Å². The van der Waals surface area contributed by atoms with E-state index in [-0.39, 0.29) is 28.0 Å². The molecule has 0 aliphatic heterocycles. The second kappa shape index (κ2) is 10.3. The second-order valence-electron chi connectivity index (χ2n) is 6.96. The van der Waals surface area contributed by atoms with Crippen LogP contribution in [0, 0.1) is 18.6 Å². The molecule has 0 spiro atoms. The summed E-state index contributed by atoms with van der Waals surface area (Å²) in [4.78, 5) is 36.1. The fourth-order valence-corrected chi connectivity index (χ4v) is 3.14. The van der Waals surface area contributed by atoms with Crippen LogP contribution in [0.1, 0.15) is 22.8 Å². The second-order valence-corrected chi connectivity index (χ2v) is 7.76. The van der Waals surface area contributed by atoms with Gasteiger partial charge in [-0.1, -0.05) is 0 Å². The molecule has 186 valence electrons. The predicted molar refractivity (Wildman–Crippen MR) is 113 cm³/mol. The van der Waals surface area contributed by atoms with Gasteiger partial charge in [-0.05, 0) is 35.0 Å². The molecule has 0 amide bonds. The minimum atomic E-state index is -5.28. The summed E-state index contributed by atoms with van der Waals surface area (Å²) in [6.45, 7) is -0.318. The van der Waals surface area contributed by atoms with E-state index in [0.29, 0.717) is 11.9 Å². The molecule has 35 heavy (non-hydrogen) atoms. The zero-order valence-corrected chi connectivity index (χ0v) is 19.3. The molecule has 15 heteroatoms. The SMILES string of the molecule is Cc1ncc(Cn2c(COC(=O)C(F)(F)F)nc(OCc3ccc(F)cc3F)c(Br)c2=O)c(N)n1. The molecule has 0 aliphatic rings. The van der Waals surface area contributed by atoms with Gasteiger partial charge < -0.3 is 15.2 Å². The summed E-state index contributed by atoms with van der Waals surface area (Å²) >= 11 is 3.00. The van der Waals surface area contributed by atoms with E-state index in [9.17, 15) is 31.5 Å². The molecule has 0 saturated carbocycles. The molecule has 0 atom stereocenters. The molecule has 0 saturated heterocycles. The van der Waals surface area contributed by atoms with Crippen molar-refractivity contribution < 1.29 is 36.2 Å². The minimum absolute atomic E-state index is 0.00544. The van der Waals surface area contributed by atoms with Gasteiger partial charge in [0.15, 0.2) is 5.82 Å². The van der Waals surface area contributed by atoms with E-state index in [1.807, 2.05) is 0 Å². The Hall–Kier alpha value is -3.62. The molecular formula is C20H15BrF5N5O4. The van der Waals surface area contributed by atoms with Crippen LogP contribution in [0.3, 0.4) is 0 Å². The number of hydrogen-bond acceptors (Lipinski definition) is 8. The van der Waals surface area contributed by atoms with Crippen molar-refractivity contribution in [3.05, 3.63) is 73.6 Å². The summed E-state index contributed by atoms with van der Waals surface area (Å²) in [5, 5.41) is 0. The normalized spacial score (nSPS) is 11.4. The van der Waals surface area contributed by atoms with Crippen molar-refractivity contribution in [2.45, 2.75) is 32.9 Å². The number of benzene rings is 1. The third kappa shape index (κ3) is 6.29. The zero-order chi connectivity index (χ0) is 25.9. The maximum atomic E-state index is 13.9. The molecule has 2 N–H and O–H groups in total. The number of carbonyl (C=O) groups is 1. The molecule has 3 rings (SSSR count). The number of aryl methyl sites for hydroxylation is 1. The minimum Gasteiger partial charge on any atom is -0.472 e. The maximum Gasteiger partial charge on any atom is 0.490 e. The number of anilines is 1. The molecule has 2 aromatic heterocycles. The highest BCUT2D eigenvalue weighted by molar-refractivity contribution is 9.10. The molecule has 0 aliphatic carbocycles. The van der Waals surface area contributed by atoms with Gasteiger partial charge in [-0.3, -0.25) is 9.36 Å². The first-order chi connectivity index (χ1) is 16.4. The number of nitrogens with zero attached hydrogens (tertiary/aromatic N) is 4. The van der Waals surface area contributed by atoms with Gasteiger partial charge in [-0.2, -0.15) is 18.2 Å². The third-order valence-corrected chi connectivity index (χ3v) is 5.13. The van der Waals surface area contributed by atoms with E-state index < -0.39 is 54.3 Å². The van der Waals surface area contributed by atoms with Crippen LogP contribution in [0.25, 0.3) is 0 Å². The van der Waals surface area contributed by atoms with Gasteiger partial charge in [0.05, 0.1) is 6.54 Å². The highest BCUT2D eigenvalue weighted by Gasteiger charge is 2.41. The van der Waals surface area contributed by atoms with Crippen molar-refractivity contribution in [3.8, 4) is 5.88 Å². The number of rotatable bonds is 7. The van der Waals surface area contributed by atoms with Gasteiger partial charge in [0, 0.05) is 23.4 Å². The average molecular weight is 564 g/mol. The number of hydrogen-bond donors (Lipinski definition) is 1. The molecule has 1 aromatic carbocycles. The lowest BCUT2D eigenvalue weighted by molar-refractivity contribution is -0.201. The van der Waals surface area contributed by atoms with Crippen LogP contribution in [0.2, 0.25) is 0 Å². The molecule has 0 fully saturated rings. The number of nitrogen functional groups attached to an aromatic ring is 1. The Balaban J connectivity index is 1.98. The van der Waals surface area contributed by atoms with Crippen molar-refractivity contribution in [2.75, 3.05) is 5.73 Å².